The molecule has 1 saturated heterocycles. The fraction of sp³-hybridized carbons (Fsp3) is 0.960. The van der Waals surface area contributed by atoms with E-state index in [4.69, 9.17) is 9.26 Å². The Balaban J connectivity index is 1.62. The summed E-state index contributed by atoms with van der Waals surface area (Å²) in [7, 11) is -4.36. The number of hydrogen-bond acceptors (Lipinski definition) is 8. The van der Waals surface area contributed by atoms with E-state index in [2.05, 4.69) is 6.92 Å². The highest BCUT2D eigenvalue weighted by molar-refractivity contribution is 7.53. The Morgan fingerprint density at radius 1 is 0.771 bits per heavy atom. The van der Waals surface area contributed by atoms with Gasteiger partial charge in [-0.1, -0.05) is 90.4 Å². The van der Waals surface area contributed by atoms with Gasteiger partial charge in [0.1, 0.15) is 24.4 Å². The predicted molar refractivity (Wildman–Crippen MR) is 132 cm³/mol. The molecule has 1 heterocycles. The van der Waals surface area contributed by atoms with E-state index in [-0.39, 0.29) is 6.61 Å². The Bertz CT molecular complexity index is 661. The number of aliphatic hydroxyl groups excluding tert-OH is 4. The normalized spacial score (nSPS) is 32.6. The average Bonchev–Trinajstić information content (AvgIpc) is 2.83. The van der Waals surface area contributed by atoms with Gasteiger partial charge in [-0.15, -0.1) is 0 Å². The van der Waals surface area contributed by atoms with E-state index < -0.39 is 62.1 Å². The van der Waals surface area contributed by atoms with Crippen LogP contribution < -0.4 is 0 Å². The third-order valence-corrected chi connectivity index (χ3v) is 9.36. The summed E-state index contributed by atoms with van der Waals surface area (Å²) in [5.74, 6) is -2.03. The number of carbonyl (C=O) groups excluding carboxylic acids is 1. The zero-order valence-corrected chi connectivity index (χ0v) is 22.1. The van der Waals surface area contributed by atoms with Gasteiger partial charge < -0.3 is 34.6 Å². The Hall–Kier alpha value is -0.540. The quantitative estimate of drug-likeness (QED) is 0.110. The van der Waals surface area contributed by atoms with Crippen LogP contribution in [-0.4, -0.2) is 74.1 Å². The van der Waals surface area contributed by atoms with Crippen LogP contribution in [0.5, 0.6) is 0 Å². The fourth-order valence-corrected chi connectivity index (χ4v) is 7.01. The van der Waals surface area contributed by atoms with Gasteiger partial charge in [0.05, 0.1) is 24.8 Å². The van der Waals surface area contributed by atoms with E-state index in [0.29, 0.717) is 6.42 Å². The second-order valence-electron chi connectivity index (χ2n) is 10.3. The SMILES string of the molecule is CCCCCCCCCCCCCCCCOP(=O)(O)[C@H]1CC(=O)O[C@@H]2[C@@H](O)[C@H](O)[C@@H](O)[C@@H](O)[C@H]21. The van der Waals surface area contributed by atoms with E-state index in [1.165, 1.54) is 64.2 Å². The molecule has 0 amide bonds. The van der Waals surface area contributed by atoms with Gasteiger partial charge in [-0.2, -0.15) is 0 Å². The number of rotatable bonds is 17. The Labute approximate surface area is 209 Å². The molecular weight excluding hydrogens is 475 g/mol. The second-order valence-corrected chi connectivity index (χ2v) is 12.3. The van der Waals surface area contributed by atoms with Crippen molar-refractivity contribution in [3.8, 4) is 0 Å². The van der Waals surface area contributed by atoms with Crippen LogP contribution in [0.15, 0.2) is 0 Å². The molecular formula is C25H47O9P. The van der Waals surface area contributed by atoms with Crippen molar-refractivity contribution in [2.45, 2.75) is 139 Å². The van der Waals surface area contributed by atoms with Crippen LogP contribution >= 0.6 is 7.60 Å². The molecule has 1 unspecified atom stereocenters. The topological polar surface area (TPSA) is 154 Å². The third kappa shape index (κ3) is 9.37. The van der Waals surface area contributed by atoms with Gasteiger partial charge in [0, 0.05) is 5.92 Å². The third-order valence-electron chi connectivity index (χ3n) is 7.44. The zero-order valence-electron chi connectivity index (χ0n) is 21.2. The molecule has 0 aromatic rings. The van der Waals surface area contributed by atoms with E-state index in [1.54, 1.807) is 0 Å². The highest BCUT2D eigenvalue weighted by Crippen LogP contribution is 2.56. The molecule has 10 heteroatoms. The van der Waals surface area contributed by atoms with Crippen LogP contribution in [0.2, 0.25) is 0 Å². The van der Waals surface area contributed by atoms with Crippen LogP contribution in [0.1, 0.15) is 103 Å². The maximum atomic E-state index is 12.9. The number of ether oxygens (including phenoxy) is 1. The van der Waals surface area contributed by atoms with Crippen molar-refractivity contribution < 1.29 is 43.9 Å². The van der Waals surface area contributed by atoms with Crippen molar-refractivity contribution in [1.29, 1.82) is 0 Å². The molecule has 9 nitrogen and oxygen atoms in total. The summed E-state index contributed by atoms with van der Waals surface area (Å²) in [5.41, 5.74) is -1.33. The summed E-state index contributed by atoms with van der Waals surface area (Å²) < 4.78 is 23.3. The minimum atomic E-state index is -4.36. The lowest BCUT2D eigenvalue weighted by Crippen LogP contribution is -2.66. The number of hydrogen-bond donors (Lipinski definition) is 5. The number of esters is 1. The predicted octanol–water partition coefficient (Wildman–Crippen LogP) is 3.43. The molecule has 0 aromatic heterocycles. The molecule has 8 atom stereocenters. The number of unbranched alkanes of at least 4 members (excludes halogenated alkanes) is 13. The van der Waals surface area contributed by atoms with Gasteiger partial charge in [0.25, 0.3) is 0 Å². The zero-order chi connectivity index (χ0) is 25.8. The molecule has 206 valence electrons. The number of fused-ring (bicyclic) bond motifs is 1. The van der Waals surface area contributed by atoms with Gasteiger partial charge in [-0.05, 0) is 6.42 Å². The van der Waals surface area contributed by atoms with Crippen molar-refractivity contribution in [1.82, 2.24) is 0 Å². The van der Waals surface area contributed by atoms with Crippen molar-refractivity contribution in [3.05, 3.63) is 0 Å². The Kier molecular flexibility index (Phi) is 13.7. The smallest absolute Gasteiger partial charge is 0.332 e. The summed E-state index contributed by atoms with van der Waals surface area (Å²) >= 11 is 0. The molecule has 0 radical (unpaired) electrons. The van der Waals surface area contributed by atoms with Crippen molar-refractivity contribution in [2.24, 2.45) is 5.92 Å². The first-order valence-electron chi connectivity index (χ1n) is 13.6. The summed E-state index contributed by atoms with van der Waals surface area (Å²) in [4.78, 5) is 22.5. The average molecular weight is 523 g/mol. The summed E-state index contributed by atoms with van der Waals surface area (Å²) in [6.07, 6.45) is 8.03. The molecule has 0 bridgehead atoms. The molecule has 2 aliphatic rings. The first kappa shape index (κ1) is 30.7. The van der Waals surface area contributed by atoms with E-state index >= 15 is 0 Å². The van der Waals surface area contributed by atoms with Crippen LogP contribution in [0.25, 0.3) is 0 Å². The van der Waals surface area contributed by atoms with E-state index in [0.717, 1.165) is 19.3 Å². The fourth-order valence-electron chi connectivity index (χ4n) is 5.27. The lowest BCUT2D eigenvalue weighted by molar-refractivity contribution is -0.227. The van der Waals surface area contributed by atoms with Gasteiger partial charge >= 0.3 is 13.6 Å². The second kappa shape index (κ2) is 15.7. The van der Waals surface area contributed by atoms with Gasteiger partial charge in [-0.25, -0.2) is 0 Å². The number of carbonyl (C=O) groups is 1. The van der Waals surface area contributed by atoms with Crippen molar-refractivity contribution in [3.63, 3.8) is 0 Å². The van der Waals surface area contributed by atoms with Crippen LogP contribution in [0.3, 0.4) is 0 Å². The molecule has 1 aliphatic carbocycles. The minimum absolute atomic E-state index is 0.0402. The highest BCUT2D eigenvalue weighted by atomic mass is 31.2. The first-order chi connectivity index (χ1) is 16.7. The van der Waals surface area contributed by atoms with Crippen molar-refractivity contribution in [2.75, 3.05) is 6.61 Å². The standard InChI is InChI=1S/C25H47O9P/c1-2-3-4-5-6-7-8-9-10-11-12-13-14-15-16-33-35(31,32)18-17-19(26)34-25-20(18)21(27)22(28)23(29)24(25)30/h18,20-25,27-30H,2-17H2,1H3,(H,31,32)/t18-,20+,21-,22-,23+,24-,25-/m0/s1. The molecule has 0 spiro atoms. The monoisotopic (exact) mass is 522 g/mol. The Morgan fingerprint density at radius 3 is 1.74 bits per heavy atom. The Morgan fingerprint density at radius 2 is 1.23 bits per heavy atom. The lowest BCUT2D eigenvalue weighted by atomic mass is 9.75. The summed E-state index contributed by atoms with van der Waals surface area (Å²) in [6, 6.07) is 0. The summed E-state index contributed by atoms with van der Waals surface area (Å²) in [6.45, 7) is 2.27. The maximum absolute atomic E-state index is 12.9. The minimum Gasteiger partial charge on any atom is -0.459 e. The molecule has 35 heavy (non-hydrogen) atoms. The van der Waals surface area contributed by atoms with Gasteiger partial charge in [0.15, 0.2) is 0 Å². The molecule has 1 saturated carbocycles. The highest BCUT2D eigenvalue weighted by Gasteiger charge is 2.59. The molecule has 1 aliphatic heterocycles. The molecule has 2 fully saturated rings. The number of aliphatic hydroxyl groups is 4. The summed E-state index contributed by atoms with van der Waals surface area (Å²) in [5, 5.41) is 40.4. The molecule has 2 rings (SSSR count). The van der Waals surface area contributed by atoms with Crippen LogP contribution in [-0.2, 0) is 18.6 Å². The first-order valence-corrected chi connectivity index (χ1v) is 15.2. The molecule has 0 aromatic carbocycles. The van der Waals surface area contributed by atoms with Gasteiger partial charge in [-0.3, -0.25) is 9.36 Å². The van der Waals surface area contributed by atoms with E-state index in [9.17, 15) is 34.7 Å². The largest absolute Gasteiger partial charge is 0.459 e. The van der Waals surface area contributed by atoms with Crippen LogP contribution in [0, 0.1) is 5.92 Å². The van der Waals surface area contributed by atoms with Crippen LogP contribution in [0.4, 0.5) is 0 Å². The lowest BCUT2D eigenvalue weighted by Gasteiger charge is -2.48. The van der Waals surface area contributed by atoms with Gasteiger partial charge in [0.2, 0.25) is 0 Å². The van der Waals surface area contributed by atoms with Crippen molar-refractivity contribution >= 4 is 13.6 Å². The maximum Gasteiger partial charge on any atom is 0.332 e. The van der Waals surface area contributed by atoms with E-state index in [1.807, 2.05) is 0 Å². The molecule has 5 N–H and O–H groups in total.